The van der Waals surface area contributed by atoms with E-state index in [4.69, 9.17) is 15.3 Å². The number of nitriles is 2. The number of nitrogens with zero attached hydrogens (tertiary/aromatic N) is 3. The van der Waals surface area contributed by atoms with Crippen molar-refractivity contribution < 1.29 is 9.13 Å². The Hall–Kier alpha value is -1.95. The van der Waals surface area contributed by atoms with E-state index in [1.165, 1.54) is 12.1 Å². The van der Waals surface area contributed by atoms with E-state index >= 15 is 0 Å². The van der Waals surface area contributed by atoms with E-state index in [1.54, 1.807) is 13.2 Å². The van der Waals surface area contributed by atoms with Crippen LogP contribution in [0.15, 0.2) is 18.2 Å². The van der Waals surface area contributed by atoms with Crippen LogP contribution in [0.25, 0.3) is 0 Å². The molecule has 0 saturated carbocycles. The van der Waals surface area contributed by atoms with Crippen LogP contribution >= 0.6 is 0 Å². The summed E-state index contributed by atoms with van der Waals surface area (Å²) in [6.45, 7) is 2.32. The maximum atomic E-state index is 13.0. The third kappa shape index (κ3) is 5.05. The summed E-state index contributed by atoms with van der Waals surface area (Å²) in [7, 11) is 1.61. The van der Waals surface area contributed by atoms with Gasteiger partial charge in [0, 0.05) is 33.2 Å². The summed E-state index contributed by atoms with van der Waals surface area (Å²) in [5, 5.41) is 17.6. The largest absolute Gasteiger partial charge is 0.383 e. The average molecular weight is 261 g/mol. The summed E-state index contributed by atoms with van der Waals surface area (Å²) in [5.41, 5.74) is 1.09. The van der Waals surface area contributed by atoms with Gasteiger partial charge in [0.05, 0.1) is 24.3 Å². The molecule has 1 aromatic carbocycles. The van der Waals surface area contributed by atoms with Gasteiger partial charge in [-0.15, -0.1) is 0 Å². The van der Waals surface area contributed by atoms with E-state index < -0.39 is 5.82 Å². The van der Waals surface area contributed by atoms with Gasteiger partial charge in [0.2, 0.25) is 0 Å². The Morgan fingerprint density at radius 2 is 2.11 bits per heavy atom. The smallest absolute Gasteiger partial charge is 0.124 e. The highest BCUT2D eigenvalue weighted by Crippen LogP contribution is 2.13. The van der Waals surface area contributed by atoms with Crippen LogP contribution in [0.4, 0.5) is 4.39 Å². The number of hydrogen-bond donors (Lipinski definition) is 0. The van der Waals surface area contributed by atoms with Crippen molar-refractivity contribution >= 4 is 0 Å². The number of benzene rings is 1. The van der Waals surface area contributed by atoms with Crippen LogP contribution in [0.1, 0.15) is 17.5 Å². The molecule has 0 N–H and O–H groups in total. The van der Waals surface area contributed by atoms with Gasteiger partial charge in [-0.25, -0.2) is 4.39 Å². The van der Waals surface area contributed by atoms with Crippen LogP contribution in [0.2, 0.25) is 0 Å². The monoisotopic (exact) mass is 261 g/mol. The molecule has 0 radical (unpaired) electrons. The molecule has 0 aliphatic carbocycles. The fourth-order valence-corrected chi connectivity index (χ4v) is 1.73. The number of hydrogen-bond acceptors (Lipinski definition) is 4. The van der Waals surface area contributed by atoms with Crippen LogP contribution in [0.5, 0.6) is 0 Å². The van der Waals surface area contributed by atoms with E-state index in [0.29, 0.717) is 38.2 Å². The van der Waals surface area contributed by atoms with Gasteiger partial charge in [0.1, 0.15) is 5.82 Å². The quantitative estimate of drug-likeness (QED) is 0.753. The number of rotatable bonds is 7. The van der Waals surface area contributed by atoms with E-state index in [0.717, 1.165) is 5.56 Å². The van der Waals surface area contributed by atoms with Gasteiger partial charge in [-0.2, -0.15) is 10.5 Å². The molecule has 0 saturated heterocycles. The Bertz CT molecular complexity index is 490. The lowest BCUT2D eigenvalue weighted by Gasteiger charge is -2.21. The molecule has 0 aliphatic rings. The second kappa shape index (κ2) is 8.20. The average Bonchev–Trinajstić information content (AvgIpc) is 2.43. The maximum absolute atomic E-state index is 13.0. The molecule has 4 nitrogen and oxygen atoms in total. The van der Waals surface area contributed by atoms with Crippen molar-refractivity contribution in [3.63, 3.8) is 0 Å². The number of methoxy groups -OCH3 is 1. The highest BCUT2D eigenvalue weighted by Gasteiger charge is 2.10. The summed E-state index contributed by atoms with van der Waals surface area (Å²) in [6, 6.07) is 8.27. The Morgan fingerprint density at radius 3 is 2.74 bits per heavy atom. The molecule has 0 spiro atoms. The Morgan fingerprint density at radius 1 is 1.32 bits per heavy atom. The third-order valence-electron chi connectivity index (χ3n) is 2.74. The van der Waals surface area contributed by atoms with E-state index in [2.05, 4.69) is 6.07 Å². The first kappa shape index (κ1) is 15.1. The summed E-state index contributed by atoms with van der Waals surface area (Å²) in [5.74, 6) is -0.416. The topological polar surface area (TPSA) is 60.0 Å². The zero-order valence-corrected chi connectivity index (χ0v) is 10.9. The van der Waals surface area contributed by atoms with Crippen molar-refractivity contribution in [3.8, 4) is 12.1 Å². The molecule has 100 valence electrons. The summed E-state index contributed by atoms with van der Waals surface area (Å²) in [6.07, 6.45) is 0.410. The zero-order chi connectivity index (χ0) is 14.1. The molecule has 0 aliphatic heterocycles. The molecule has 1 aromatic rings. The van der Waals surface area contributed by atoms with Crippen molar-refractivity contribution in [3.05, 3.63) is 35.1 Å². The van der Waals surface area contributed by atoms with Crippen molar-refractivity contribution in [1.29, 1.82) is 10.5 Å². The molecule has 0 atom stereocenters. The standard InChI is InChI=1S/C14H16FN3O/c1-19-8-7-18(6-2-5-16)11-12-3-4-14(15)9-13(12)10-17/h3-4,9H,2,6-8,11H2,1H3. The number of halogens is 1. The molecule has 0 fully saturated rings. The van der Waals surface area contributed by atoms with Crippen LogP contribution in [-0.4, -0.2) is 31.7 Å². The van der Waals surface area contributed by atoms with E-state index in [-0.39, 0.29) is 0 Å². The Kier molecular flexibility index (Phi) is 6.52. The van der Waals surface area contributed by atoms with Gasteiger partial charge >= 0.3 is 0 Å². The van der Waals surface area contributed by atoms with Crippen molar-refractivity contribution in [2.45, 2.75) is 13.0 Å². The minimum absolute atomic E-state index is 0.333. The fourth-order valence-electron chi connectivity index (χ4n) is 1.73. The SMILES string of the molecule is COCCN(CCC#N)Cc1ccc(F)cc1C#N. The summed E-state index contributed by atoms with van der Waals surface area (Å²) >= 11 is 0. The van der Waals surface area contributed by atoms with Gasteiger partial charge in [0.25, 0.3) is 0 Å². The van der Waals surface area contributed by atoms with Gasteiger partial charge in [-0.1, -0.05) is 6.07 Å². The van der Waals surface area contributed by atoms with Crippen LogP contribution in [-0.2, 0) is 11.3 Å². The lowest BCUT2D eigenvalue weighted by Crippen LogP contribution is -2.28. The molecule has 19 heavy (non-hydrogen) atoms. The first-order chi connectivity index (χ1) is 9.21. The molecule has 0 amide bonds. The van der Waals surface area contributed by atoms with Crippen molar-refractivity contribution in [2.24, 2.45) is 0 Å². The predicted molar refractivity (Wildman–Crippen MR) is 68.5 cm³/mol. The molecule has 0 bridgehead atoms. The van der Waals surface area contributed by atoms with Gasteiger partial charge in [-0.3, -0.25) is 4.90 Å². The fraction of sp³-hybridized carbons (Fsp3) is 0.429. The molecule has 5 heteroatoms. The molecular formula is C14H16FN3O. The van der Waals surface area contributed by atoms with Gasteiger partial charge in [-0.05, 0) is 17.7 Å². The lowest BCUT2D eigenvalue weighted by molar-refractivity contribution is 0.145. The first-order valence-electron chi connectivity index (χ1n) is 5.98. The minimum atomic E-state index is -0.416. The van der Waals surface area contributed by atoms with Crippen molar-refractivity contribution in [2.75, 3.05) is 26.8 Å². The normalized spacial score (nSPS) is 10.2. The molecule has 0 unspecified atom stereocenters. The van der Waals surface area contributed by atoms with Crippen LogP contribution in [0.3, 0.4) is 0 Å². The van der Waals surface area contributed by atoms with Crippen LogP contribution < -0.4 is 0 Å². The highest BCUT2D eigenvalue weighted by molar-refractivity contribution is 5.37. The second-order valence-corrected chi connectivity index (χ2v) is 4.09. The lowest BCUT2D eigenvalue weighted by atomic mass is 10.1. The highest BCUT2D eigenvalue weighted by atomic mass is 19.1. The summed E-state index contributed by atoms with van der Waals surface area (Å²) < 4.78 is 18.1. The summed E-state index contributed by atoms with van der Waals surface area (Å²) in [4.78, 5) is 2.01. The first-order valence-corrected chi connectivity index (χ1v) is 5.98. The molecule has 1 rings (SSSR count). The Labute approximate surface area is 112 Å². The van der Waals surface area contributed by atoms with Gasteiger partial charge < -0.3 is 4.74 Å². The molecule has 0 aromatic heterocycles. The molecular weight excluding hydrogens is 245 g/mol. The minimum Gasteiger partial charge on any atom is -0.383 e. The van der Waals surface area contributed by atoms with E-state index in [9.17, 15) is 4.39 Å². The third-order valence-corrected chi connectivity index (χ3v) is 2.74. The number of ether oxygens (including phenoxy) is 1. The molecule has 0 heterocycles. The van der Waals surface area contributed by atoms with Crippen LogP contribution in [0, 0.1) is 28.5 Å². The Balaban J connectivity index is 2.77. The second-order valence-electron chi connectivity index (χ2n) is 4.09. The van der Waals surface area contributed by atoms with E-state index in [1.807, 2.05) is 11.0 Å². The maximum Gasteiger partial charge on any atom is 0.124 e. The van der Waals surface area contributed by atoms with Gasteiger partial charge in [0.15, 0.2) is 0 Å². The zero-order valence-electron chi connectivity index (χ0n) is 10.9. The predicted octanol–water partition coefficient (Wildman–Crippen LogP) is 2.06. The van der Waals surface area contributed by atoms with Crippen molar-refractivity contribution in [1.82, 2.24) is 4.90 Å².